The van der Waals surface area contributed by atoms with E-state index in [-0.39, 0.29) is 6.61 Å². The zero-order valence-electron chi connectivity index (χ0n) is 18.5. The first kappa shape index (κ1) is 33.1. The van der Waals surface area contributed by atoms with Gasteiger partial charge in [-0.2, -0.15) is 49.7 Å². The third-order valence-corrected chi connectivity index (χ3v) is 2.88. The topological polar surface area (TPSA) is 88.0 Å². The molecule has 0 aromatic carbocycles. The van der Waals surface area contributed by atoms with E-state index >= 15 is 0 Å². The summed E-state index contributed by atoms with van der Waals surface area (Å²) in [6.07, 6.45) is -9.95. The number of carbonyl (C=O) groups excluding carboxylic acids is 1. The molecule has 2 rings (SSSR count). The van der Waals surface area contributed by atoms with Gasteiger partial charge in [0, 0.05) is 32.6 Å². The van der Waals surface area contributed by atoms with Crippen LogP contribution >= 0.6 is 0 Å². The van der Waals surface area contributed by atoms with Gasteiger partial charge in [0.05, 0.1) is 12.9 Å². The Labute approximate surface area is 189 Å². The number of nitrogens with zero attached hydrogens (tertiary/aromatic N) is 4. The van der Waals surface area contributed by atoms with Crippen molar-refractivity contribution in [2.45, 2.75) is 32.4 Å². The number of ketones is 1. The highest BCUT2D eigenvalue weighted by molar-refractivity contribution is 5.94. The molecule has 2 N–H and O–H groups in total. The van der Waals surface area contributed by atoms with E-state index in [0.29, 0.717) is 6.08 Å². The van der Waals surface area contributed by atoms with Crippen LogP contribution in [0.2, 0.25) is 0 Å². The Balaban J connectivity index is 0. The van der Waals surface area contributed by atoms with Gasteiger partial charge in [0.1, 0.15) is 5.69 Å². The van der Waals surface area contributed by atoms with E-state index in [1.807, 2.05) is 6.92 Å². The van der Waals surface area contributed by atoms with Gasteiger partial charge in [0.15, 0.2) is 5.69 Å². The highest BCUT2D eigenvalue weighted by atomic mass is 19.4. The molecule has 0 bridgehead atoms. The van der Waals surface area contributed by atoms with Gasteiger partial charge in [-0.05, 0) is 25.6 Å². The third-order valence-electron chi connectivity index (χ3n) is 2.88. The minimum Gasteiger partial charge on any atom is -0.501 e. The molecular formula is C18H24F9N5O2. The maximum atomic E-state index is 11.8. The van der Waals surface area contributed by atoms with Crippen LogP contribution in [0.3, 0.4) is 0 Å². The van der Waals surface area contributed by atoms with Crippen molar-refractivity contribution in [1.29, 1.82) is 0 Å². The second-order valence-electron chi connectivity index (χ2n) is 5.74. The Hall–Kier alpha value is -3.04. The fourth-order valence-corrected chi connectivity index (χ4v) is 1.52. The summed E-state index contributed by atoms with van der Waals surface area (Å²) in [5.74, 6) is -1.91. The average Bonchev–Trinajstić information content (AvgIpc) is 3.30. The molecule has 7 nitrogen and oxygen atoms in total. The van der Waals surface area contributed by atoms with Gasteiger partial charge in [0.2, 0.25) is 0 Å². The van der Waals surface area contributed by atoms with E-state index in [0.717, 1.165) is 40.5 Å². The fraction of sp³-hybridized carbons (Fsp3) is 0.500. The van der Waals surface area contributed by atoms with Crippen LogP contribution in [0.1, 0.15) is 25.2 Å². The van der Waals surface area contributed by atoms with E-state index in [4.69, 9.17) is 5.73 Å². The molecule has 2 aromatic heterocycles. The van der Waals surface area contributed by atoms with Crippen LogP contribution in [0.25, 0.3) is 0 Å². The molecule has 0 fully saturated rings. The van der Waals surface area contributed by atoms with Crippen LogP contribution in [-0.2, 0) is 36.0 Å². The number of hydrogen-bond acceptors (Lipinski definition) is 5. The number of halogens is 9. The van der Waals surface area contributed by atoms with Gasteiger partial charge < -0.3 is 10.5 Å². The fourth-order valence-electron chi connectivity index (χ4n) is 1.52. The molecule has 34 heavy (non-hydrogen) atoms. The monoisotopic (exact) mass is 513 g/mol. The molecule has 0 unspecified atom stereocenters. The summed E-state index contributed by atoms with van der Waals surface area (Å²) >= 11 is 0. The van der Waals surface area contributed by atoms with Crippen molar-refractivity contribution in [2.24, 2.45) is 19.8 Å². The number of aryl methyl sites for hydroxylation is 2. The maximum absolute atomic E-state index is 11.8. The van der Waals surface area contributed by atoms with Crippen LogP contribution in [0.15, 0.2) is 36.9 Å². The summed E-state index contributed by atoms with van der Waals surface area (Å²) < 4.78 is 111. The molecular weight excluding hydrogens is 489 g/mol. The first-order valence-corrected chi connectivity index (χ1v) is 9.13. The highest BCUT2D eigenvalue weighted by Crippen LogP contribution is 2.28. The smallest absolute Gasteiger partial charge is 0.454 e. The normalized spacial score (nSPS) is 11.5. The minimum atomic E-state index is -4.80. The van der Waals surface area contributed by atoms with Crippen LogP contribution in [0, 0.1) is 0 Å². The number of allylic oxidation sites excluding steroid dienone is 1. The van der Waals surface area contributed by atoms with E-state index in [1.165, 1.54) is 20.3 Å². The van der Waals surface area contributed by atoms with Crippen molar-refractivity contribution in [3.05, 3.63) is 48.3 Å². The molecule has 0 aliphatic heterocycles. The van der Waals surface area contributed by atoms with Crippen molar-refractivity contribution in [1.82, 2.24) is 19.6 Å². The number of carbonyl (C=O) groups is 1. The molecule has 16 heteroatoms. The molecule has 0 amide bonds. The molecule has 0 saturated carbocycles. The SMILES string of the molecule is CCN.CCO/C=C/C(=O)C(F)(F)F.Cn1ccc(C(F)(F)F)n1.Cn1nccc1C(F)(F)F. The van der Waals surface area contributed by atoms with Crippen LogP contribution in [0.5, 0.6) is 0 Å². The lowest BCUT2D eigenvalue weighted by Crippen LogP contribution is -2.19. The van der Waals surface area contributed by atoms with Gasteiger partial charge in [0.25, 0.3) is 5.78 Å². The van der Waals surface area contributed by atoms with Crippen LogP contribution in [-0.4, -0.2) is 44.7 Å². The average molecular weight is 513 g/mol. The van der Waals surface area contributed by atoms with Gasteiger partial charge in [-0.3, -0.25) is 14.2 Å². The predicted octanol–water partition coefficient (Wildman–Crippen LogP) is 4.51. The number of rotatable bonds is 3. The largest absolute Gasteiger partial charge is 0.501 e. The Morgan fingerprint density at radius 1 is 1.03 bits per heavy atom. The number of hydrogen-bond donors (Lipinski definition) is 1. The molecule has 196 valence electrons. The first-order chi connectivity index (χ1) is 15.4. The van der Waals surface area contributed by atoms with Gasteiger partial charge in [-0.1, -0.05) is 6.92 Å². The summed E-state index contributed by atoms with van der Waals surface area (Å²) in [5, 5.41) is 6.55. The standard InChI is InChI=1S/C6H7F3O2.2C5H5F3N2.C2H7N/c1-2-11-4-3-5(10)6(7,8)9;1-10-3-2-4(9-10)5(6,7)8;1-10-4(2-3-9-10)5(6,7)8;1-2-3/h3-4H,2H2,1H3;2*2-3H,1H3;2-3H2,1H3/b4-3+;;;. The highest BCUT2D eigenvalue weighted by Gasteiger charge is 2.36. The quantitative estimate of drug-likeness (QED) is 0.371. The number of aromatic nitrogens is 4. The van der Waals surface area contributed by atoms with Crippen molar-refractivity contribution in [3.63, 3.8) is 0 Å². The molecule has 2 heterocycles. The summed E-state index contributed by atoms with van der Waals surface area (Å²) in [5.41, 5.74) is 3.27. The molecule has 2 aromatic rings. The second-order valence-corrected chi connectivity index (χ2v) is 5.74. The van der Waals surface area contributed by atoms with Gasteiger partial charge >= 0.3 is 18.5 Å². The number of ether oxygens (including phenoxy) is 1. The number of alkyl halides is 9. The van der Waals surface area contributed by atoms with Crippen LogP contribution < -0.4 is 5.73 Å². The Morgan fingerprint density at radius 3 is 1.79 bits per heavy atom. The summed E-state index contributed by atoms with van der Waals surface area (Å²) in [6.45, 7) is 4.49. The third kappa shape index (κ3) is 14.9. The Kier molecular flexibility index (Phi) is 14.6. The molecule has 0 saturated heterocycles. The first-order valence-electron chi connectivity index (χ1n) is 9.13. The zero-order valence-corrected chi connectivity index (χ0v) is 18.5. The molecule has 0 atom stereocenters. The summed E-state index contributed by atoms with van der Waals surface area (Å²) in [6, 6.07) is 1.86. The van der Waals surface area contributed by atoms with Gasteiger partial charge in [-0.15, -0.1) is 0 Å². The lowest BCUT2D eigenvalue weighted by Gasteiger charge is -2.04. The molecule has 0 spiro atoms. The van der Waals surface area contributed by atoms with Crippen molar-refractivity contribution < 1.29 is 49.0 Å². The lowest BCUT2D eigenvalue weighted by molar-refractivity contribution is -0.165. The molecule has 0 radical (unpaired) electrons. The Morgan fingerprint density at radius 2 is 1.56 bits per heavy atom. The zero-order chi connectivity index (χ0) is 27.2. The Bertz CT molecular complexity index is 853. The predicted molar refractivity (Wildman–Crippen MR) is 103 cm³/mol. The summed E-state index contributed by atoms with van der Waals surface area (Å²) in [4.78, 5) is 10.0. The van der Waals surface area contributed by atoms with E-state index < -0.39 is 35.7 Å². The lowest BCUT2D eigenvalue weighted by atomic mass is 10.4. The molecule has 0 aliphatic carbocycles. The van der Waals surface area contributed by atoms with Crippen molar-refractivity contribution in [3.8, 4) is 0 Å². The van der Waals surface area contributed by atoms with Gasteiger partial charge in [-0.25, -0.2) is 0 Å². The van der Waals surface area contributed by atoms with E-state index in [2.05, 4.69) is 14.9 Å². The maximum Gasteiger partial charge on any atom is 0.454 e. The van der Waals surface area contributed by atoms with Crippen LogP contribution in [0.4, 0.5) is 39.5 Å². The van der Waals surface area contributed by atoms with E-state index in [1.54, 1.807) is 6.92 Å². The minimum absolute atomic E-state index is 0.238. The van der Waals surface area contributed by atoms with E-state index in [9.17, 15) is 44.3 Å². The second kappa shape index (κ2) is 15.0. The summed E-state index contributed by atoms with van der Waals surface area (Å²) in [7, 11) is 2.69. The molecule has 0 aliphatic rings. The van der Waals surface area contributed by atoms with Crippen molar-refractivity contribution in [2.75, 3.05) is 13.2 Å². The number of nitrogens with two attached hydrogens (primary N) is 1. The van der Waals surface area contributed by atoms with Crippen molar-refractivity contribution >= 4 is 5.78 Å².